The lowest BCUT2D eigenvalue weighted by molar-refractivity contribution is 0.509. The minimum Gasteiger partial charge on any atom is -0.326 e. The van der Waals surface area contributed by atoms with Crippen LogP contribution in [0.15, 0.2) is 18.2 Å². The minimum absolute atomic E-state index is 0.410. The summed E-state index contributed by atoms with van der Waals surface area (Å²) in [5.41, 5.74) is 6.95. The van der Waals surface area contributed by atoms with Crippen molar-refractivity contribution >= 4 is 11.3 Å². The number of hydrogen-bond acceptors (Lipinski definition) is 3. The van der Waals surface area contributed by atoms with Gasteiger partial charge in [0.15, 0.2) is 11.6 Å². The van der Waals surface area contributed by atoms with Crippen LogP contribution in [0.25, 0.3) is 10.6 Å². The van der Waals surface area contributed by atoms with Crippen LogP contribution in [0.4, 0.5) is 8.78 Å². The first-order valence-electron chi connectivity index (χ1n) is 4.73. The number of nitrogens with zero attached hydrogens (tertiary/aromatic N) is 1. The molecule has 0 bridgehead atoms. The first-order chi connectivity index (χ1) is 7.61. The van der Waals surface area contributed by atoms with Crippen LogP contribution in [-0.4, -0.2) is 4.98 Å². The summed E-state index contributed by atoms with van der Waals surface area (Å²) in [4.78, 5) is 5.23. The smallest absolute Gasteiger partial charge is 0.159 e. The molecule has 2 rings (SSSR count). The molecule has 0 amide bonds. The zero-order chi connectivity index (χ0) is 11.7. The molecule has 0 radical (unpaired) electrons. The number of rotatable bonds is 2. The SMILES string of the molecule is Cc1nc(-c2ccc(F)c(F)c2)sc1CN. The molecule has 1 heterocycles. The van der Waals surface area contributed by atoms with Crippen molar-refractivity contribution in [2.75, 3.05) is 0 Å². The molecule has 0 atom stereocenters. The summed E-state index contributed by atoms with van der Waals surface area (Å²) >= 11 is 1.40. The Labute approximate surface area is 95.7 Å². The van der Waals surface area contributed by atoms with Crippen molar-refractivity contribution in [1.82, 2.24) is 4.98 Å². The molecule has 1 aromatic heterocycles. The number of benzene rings is 1. The van der Waals surface area contributed by atoms with Crippen molar-refractivity contribution in [2.45, 2.75) is 13.5 Å². The third kappa shape index (κ3) is 1.96. The summed E-state index contributed by atoms with van der Waals surface area (Å²) in [5, 5.41) is 0.664. The van der Waals surface area contributed by atoms with E-state index >= 15 is 0 Å². The monoisotopic (exact) mass is 240 g/mol. The van der Waals surface area contributed by atoms with E-state index in [-0.39, 0.29) is 0 Å². The molecule has 1 aromatic carbocycles. The van der Waals surface area contributed by atoms with Crippen LogP contribution in [0, 0.1) is 18.6 Å². The summed E-state index contributed by atoms with van der Waals surface area (Å²) in [7, 11) is 0. The average Bonchev–Trinajstić information content (AvgIpc) is 2.64. The predicted octanol–water partition coefficient (Wildman–Crippen LogP) is 2.86. The second-order valence-electron chi connectivity index (χ2n) is 3.36. The Morgan fingerprint density at radius 1 is 1.31 bits per heavy atom. The van der Waals surface area contributed by atoms with Gasteiger partial charge in [-0.1, -0.05) is 0 Å². The van der Waals surface area contributed by atoms with Gasteiger partial charge in [0, 0.05) is 17.0 Å². The molecule has 2 N–H and O–H groups in total. The van der Waals surface area contributed by atoms with Crippen molar-refractivity contribution in [3.05, 3.63) is 40.4 Å². The fraction of sp³-hybridized carbons (Fsp3) is 0.182. The summed E-state index contributed by atoms with van der Waals surface area (Å²) < 4.78 is 25.8. The van der Waals surface area contributed by atoms with Crippen molar-refractivity contribution in [3.63, 3.8) is 0 Å². The molecule has 0 saturated carbocycles. The van der Waals surface area contributed by atoms with Gasteiger partial charge in [0.05, 0.1) is 5.69 Å². The maximum absolute atomic E-state index is 13.0. The fourth-order valence-corrected chi connectivity index (χ4v) is 2.31. The number of hydrogen-bond donors (Lipinski definition) is 1. The first kappa shape index (κ1) is 11.2. The topological polar surface area (TPSA) is 38.9 Å². The van der Waals surface area contributed by atoms with E-state index in [2.05, 4.69) is 4.98 Å². The third-order valence-corrected chi connectivity index (χ3v) is 3.47. The van der Waals surface area contributed by atoms with Crippen molar-refractivity contribution in [3.8, 4) is 10.6 Å². The van der Waals surface area contributed by atoms with Gasteiger partial charge in [0.1, 0.15) is 5.01 Å². The van der Waals surface area contributed by atoms with Crippen LogP contribution in [0.5, 0.6) is 0 Å². The van der Waals surface area contributed by atoms with Crippen LogP contribution >= 0.6 is 11.3 Å². The molecule has 2 nitrogen and oxygen atoms in total. The first-order valence-corrected chi connectivity index (χ1v) is 5.55. The molecule has 0 aliphatic heterocycles. The Bertz CT molecular complexity index is 523. The van der Waals surface area contributed by atoms with Crippen molar-refractivity contribution < 1.29 is 8.78 Å². The molecule has 0 aliphatic rings. The number of aromatic nitrogens is 1. The molecule has 2 aromatic rings. The van der Waals surface area contributed by atoms with Gasteiger partial charge in [0.25, 0.3) is 0 Å². The maximum atomic E-state index is 13.0. The number of nitrogens with two attached hydrogens (primary N) is 1. The van der Waals surface area contributed by atoms with Crippen molar-refractivity contribution in [1.29, 1.82) is 0 Å². The largest absolute Gasteiger partial charge is 0.326 e. The minimum atomic E-state index is -0.861. The molecule has 5 heteroatoms. The zero-order valence-corrected chi connectivity index (χ0v) is 9.44. The lowest BCUT2D eigenvalue weighted by Gasteiger charge is -1.97. The zero-order valence-electron chi connectivity index (χ0n) is 8.63. The van der Waals surface area contributed by atoms with Crippen LogP contribution < -0.4 is 5.73 Å². The Morgan fingerprint density at radius 3 is 2.62 bits per heavy atom. The van der Waals surface area contributed by atoms with Gasteiger partial charge >= 0.3 is 0 Å². The number of thiazole rings is 1. The van der Waals surface area contributed by atoms with Gasteiger partial charge in [-0.05, 0) is 25.1 Å². The van der Waals surface area contributed by atoms with E-state index in [1.165, 1.54) is 17.4 Å². The Balaban J connectivity index is 2.46. The maximum Gasteiger partial charge on any atom is 0.159 e. The Kier molecular flexibility index (Phi) is 2.98. The van der Waals surface area contributed by atoms with Gasteiger partial charge in [-0.25, -0.2) is 13.8 Å². The molecule has 0 spiro atoms. The van der Waals surface area contributed by atoms with Gasteiger partial charge in [-0.2, -0.15) is 0 Å². The standard InChI is InChI=1S/C11H10F2N2S/c1-6-10(5-14)16-11(15-6)7-2-3-8(12)9(13)4-7/h2-4H,5,14H2,1H3. The van der Waals surface area contributed by atoms with Gasteiger partial charge in [0.2, 0.25) is 0 Å². The summed E-state index contributed by atoms with van der Waals surface area (Å²) in [6.45, 7) is 2.26. The lowest BCUT2D eigenvalue weighted by atomic mass is 10.2. The molecule has 0 saturated heterocycles. The molecule has 84 valence electrons. The van der Waals surface area contributed by atoms with Crippen LogP contribution in [0.1, 0.15) is 10.6 Å². The summed E-state index contributed by atoms with van der Waals surface area (Å²) in [5.74, 6) is -1.71. The highest BCUT2D eigenvalue weighted by atomic mass is 32.1. The quantitative estimate of drug-likeness (QED) is 0.876. The van der Waals surface area contributed by atoms with Crippen LogP contribution in [-0.2, 0) is 6.54 Å². The van der Waals surface area contributed by atoms with Gasteiger partial charge in [-0.3, -0.25) is 0 Å². The summed E-state index contributed by atoms with van der Waals surface area (Å²) in [6.07, 6.45) is 0. The number of halogens is 2. The highest BCUT2D eigenvalue weighted by molar-refractivity contribution is 7.15. The van der Waals surface area contributed by atoms with E-state index in [0.29, 0.717) is 17.1 Å². The van der Waals surface area contributed by atoms with Crippen LogP contribution in [0.3, 0.4) is 0 Å². The average molecular weight is 240 g/mol. The normalized spacial score (nSPS) is 10.8. The Hall–Kier alpha value is -1.33. The molecule has 16 heavy (non-hydrogen) atoms. The van der Waals surface area contributed by atoms with E-state index in [1.54, 1.807) is 0 Å². The van der Waals surface area contributed by atoms with Gasteiger partial charge in [-0.15, -0.1) is 11.3 Å². The molecule has 0 aliphatic carbocycles. The summed E-state index contributed by atoms with van der Waals surface area (Å²) in [6, 6.07) is 3.76. The second-order valence-corrected chi connectivity index (χ2v) is 4.44. The highest BCUT2D eigenvalue weighted by Crippen LogP contribution is 2.28. The lowest BCUT2D eigenvalue weighted by Crippen LogP contribution is -1.94. The molecule has 0 unspecified atom stereocenters. The second kappa shape index (κ2) is 4.27. The van der Waals surface area contributed by atoms with E-state index in [4.69, 9.17) is 5.73 Å². The van der Waals surface area contributed by atoms with E-state index in [9.17, 15) is 8.78 Å². The molecular weight excluding hydrogens is 230 g/mol. The van der Waals surface area contributed by atoms with Gasteiger partial charge < -0.3 is 5.73 Å². The fourth-order valence-electron chi connectivity index (χ4n) is 1.37. The third-order valence-electron chi connectivity index (χ3n) is 2.24. The van der Waals surface area contributed by atoms with E-state index < -0.39 is 11.6 Å². The molecule has 0 fully saturated rings. The van der Waals surface area contributed by atoms with Crippen molar-refractivity contribution in [2.24, 2.45) is 5.73 Å². The Morgan fingerprint density at radius 2 is 2.06 bits per heavy atom. The molecular formula is C11H10F2N2S. The van der Waals surface area contributed by atoms with E-state index in [1.807, 2.05) is 6.92 Å². The number of aryl methyl sites for hydroxylation is 1. The van der Waals surface area contributed by atoms with Crippen LogP contribution in [0.2, 0.25) is 0 Å². The predicted molar refractivity (Wildman–Crippen MR) is 60.1 cm³/mol. The highest BCUT2D eigenvalue weighted by Gasteiger charge is 2.10. The van der Waals surface area contributed by atoms with E-state index in [0.717, 1.165) is 22.7 Å².